The molecular weight excluding hydrogens is 1140 g/mol. The summed E-state index contributed by atoms with van der Waals surface area (Å²) in [4.78, 5) is 0. The van der Waals surface area contributed by atoms with E-state index in [4.69, 9.17) is 37.9 Å². The van der Waals surface area contributed by atoms with Crippen molar-refractivity contribution in [2.24, 2.45) is 97.5 Å². The molecule has 8 nitrogen and oxygen atoms in total. The molecule has 6 fully saturated rings. The second-order valence-electron chi connectivity index (χ2n) is 45.0. The maximum atomic E-state index is 7.49. The van der Waals surface area contributed by atoms with Gasteiger partial charge in [0, 0.05) is 32.5 Å². The molecule has 546 valence electrons. The summed E-state index contributed by atoms with van der Waals surface area (Å²) in [7, 11) is 0. The third-order valence-electron chi connectivity index (χ3n) is 39.0. The van der Waals surface area contributed by atoms with Crippen LogP contribution in [0.2, 0.25) is 0 Å². The highest BCUT2D eigenvalue weighted by Crippen LogP contribution is 2.79. The van der Waals surface area contributed by atoms with Crippen LogP contribution in [0.5, 0.6) is 0 Å². The van der Waals surface area contributed by atoms with Crippen LogP contribution in [-0.2, 0) is 37.9 Å². The molecule has 0 N–H and O–H groups in total. The SMILES string of the molecule is CC1(C)O[C@@](C)(O[C@]2(C)C(C)(C)OC(C)(C)C(C)(C)C2(C)C)C(C)(C)C(C)(C)C1(C)C.CC1(C)O[C@](C)(OC2(C)C(C)(C)C(C)(C)C(C)(C)C2(C)C)C(C)(C)C(C)(C)C1(C)C.CC1(C)O[C@](C)(O[C@@]2(C)OC(C)(C)C(C)(C)C(C)(C)C2(C)C)C(C)(C)C(C)(C)C1(C)C. The van der Waals surface area contributed by atoms with Crippen molar-refractivity contribution >= 4 is 0 Å². The highest BCUT2D eigenvalue weighted by atomic mass is 16.8. The van der Waals surface area contributed by atoms with Crippen molar-refractivity contribution in [3.05, 3.63) is 0 Å². The summed E-state index contributed by atoms with van der Waals surface area (Å²) in [6, 6.07) is 0. The van der Waals surface area contributed by atoms with Gasteiger partial charge in [0.05, 0.1) is 39.2 Å². The molecule has 0 bridgehead atoms. The van der Waals surface area contributed by atoms with Gasteiger partial charge in [-0.25, -0.2) is 0 Å². The third kappa shape index (κ3) is 9.49. The van der Waals surface area contributed by atoms with Gasteiger partial charge < -0.3 is 37.9 Å². The number of ether oxygens (including phenoxy) is 8. The lowest BCUT2D eigenvalue weighted by Gasteiger charge is -2.74. The Morgan fingerprint density at radius 3 is 0.467 bits per heavy atom. The van der Waals surface area contributed by atoms with E-state index < -0.39 is 34.4 Å². The molecule has 1 aliphatic carbocycles. The summed E-state index contributed by atoms with van der Waals surface area (Å²) in [6.07, 6.45) is 0. The minimum absolute atomic E-state index is 0.00914. The summed E-state index contributed by atoms with van der Waals surface area (Å²) in [5, 5.41) is 0. The van der Waals surface area contributed by atoms with Crippen molar-refractivity contribution < 1.29 is 37.9 Å². The minimum Gasteiger partial charge on any atom is -0.366 e. The van der Waals surface area contributed by atoms with Crippen molar-refractivity contribution in [2.45, 2.75) is 442 Å². The van der Waals surface area contributed by atoms with Gasteiger partial charge in [0.1, 0.15) is 5.60 Å². The van der Waals surface area contributed by atoms with E-state index in [1.807, 2.05) is 0 Å². The fourth-order valence-corrected chi connectivity index (χ4v) is 20.1. The average molecular weight is 1300 g/mol. The lowest BCUT2D eigenvalue weighted by molar-refractivity contribution is -0.502. The Bertz CT molecular complexity index is 2690. The molecule has 5 atom stereocenters. The van der Waals surface area contributed by atoms with E-state index in [0.29, 0.717) is 0 Å². The van der Waals surface area contributed by atoms with Gasteiger partial charge in [-0.3, -0.25) is 0 Å². The zero-order valence-electron chi connectivity index (χ0n) is 72.3. The zero-order valence-corrected chi connectivity index (χ0v) is 72.3. The molecule has 0 aromatic carbocycles. The van der Waals surface area contributed by atoms with Crippen LogP contribution in [0.15, 0.2) is 0 Å². The Labute approximate surface area is 574 Å². The predicted octanol–water partition coefficient (Wildman–Crippen LogP) is 24.7. The highest BCUT2D eigenvalue weighted by Gasteiger charge is 2.80. The van der Waals surface area contributed by atoms with E-state index in [2.05, 4.69) is 374 Å². The van der Waals surface area contributed by atoms with Gasteiger partial charge in [-0.15, -0.1) is 0 Å². The van der Waals surface area contributed by atoms with Gasteiger partial charge in [-0.05, 0) is 190 Å². The second kappa shape index (κ2) is 20.7. The molecule has 92 heavy (non-hydrogen) atoms. The first kappa shape index (κ1) is 84.1. The van der Waals surface area contributed by atoms with Crippen LogP contribution in [0.4, 0.5) is 0 Å². The maximum absolute atomic E-state index is 7.49. The molecule has 0 aromatic heterocycles. The molecule has 0 aromatic rings. The molecule has 8 heteroatoms. The number of hydrogen-bond donors (Lipinski definition) is 0. The van der Waals surface area contributed by atoms with Crippen molar-refractivity contribution in [1.82, 2.24) is 0 Å². The van der Waals surface area contributed by atoms with Crippen molar-refractivity contribution in [2.75, 3.05) is 0 Å². The maximum Gasteiger partial charge on any atom is 0.175 e. The number of hydrogen-bond acceptors (Lipinski definition) is 8. The second-order valence-corrected chi connectivity index (χ2v) is 45.0. The normalized spacial score (nSPS) is 40.0. The van der Waals surface area contributed by atoms with Gasteiger partial charge in [-0.2, -0.15) is 0 Å². The van der Waals surface area contributed by atoms with Crippen LogP contribution in [0, 0.1) is 97.5 Å². The summed E-state index contributed by atoms with van der Waals surface area (Å²) in [5.74, 6) is -3.21. The highest BCUT2D eigenvalue weighted by molar-refractivity contribution is 5.26. The molecule has 5 heterocycles. The Kier molecular flexibility index (Phi) is 18.9. The Hall–Kier alpha value is -0.320. The van der Waals surface area contributed by atoms with Gasteiger partial charge in [0.2, 0.25) is 0 Å². The zero-order chi connectivity index (χ0) is 74.7. The van der Waals surface area contributed by atoms with Gasteiger partial charge in [0.25, 0.3) is 0 Å². The Balaban J connectivity index is 0.000000294. The van der Waals surface area contributed by atoms with Gasteiger partial charge in [0.15, 0.2) is 23.1 Å². The standard InChI is InChI=1S/2C28H54O3.C28H54O2/c1-19(2)21(5,6)25(13,14)29-27(17,23(19,9)10)31-28(18)24(11,12)20(3,4)22(7,8)26(15,16)30-28;1-19(2)20(3,4)25(13,14)30-28(18,23(19,9)10)31-27(17)22(7,8)21(5,6)24(11,12)29-26(27,15)16;1-19(2)20(3,4)24(11,12)27(17,23(19,9)10)30-28(18)25(13,14)21(5,6)22(7,8)26(15,16)29-28/h2*1-18H3;1-18H3/t2*27-,28-;28-/m101/s1. The fraction of sp³-hybridized carbons (Fsp3) is 1.00. The van der Waals surface area contributed by atoms with E-state index in [-0.39, 0.29) is 131 Å². The van der Waals surface area contributed by atoms with Crippen LogP contribution < -0.4 is 0 Å². The molecule has 0 spiro atoms. The van der Waals surface area contributed by atoms with Crippen molar-refractivity contribution in [3.63, 3.8) is 0 Å². The van der Waals surface area contributed by atoms with E-state index in [9.17, 15) is 0 Å². The molecule has 0 radical (unpaired) electrons. The summed E-state index contributed by atoms with van der Waals surface area (Å²) < 4.78 is 57.0. The Morgan fingerprint density at radius 2 is 0.261 bits per heavy atom. The quantitative estimate of drug-likeness (QED) is 0.260. The minimum atomic E-state index is -0.838. The van der Waals surface area contributed by atoms with Crippen LogP contribution >= 0.6 is 0 Å². The van der Waals surface area contributed by atoms with Gasteiger partial charge >= 0.3 is 0 Å². The Morgan fingerprint density at radius 1 is 0.120 bits per heavy atom. The van der Waals surface area contributed by atoms with Crippen molar-refractivity contribution in [3.8, 4) is 0 Å². The molecule has 6 aliphatic rings. The summed E-state index contributed by atoms with van der Waals surface area (Å²) >= 11 is 0. The number of rotatable bonds is 6. The smallest absolute Gasteiger partial charge is 0.175 e. The predicted molar refractivity (Wildman–Crippen MR) is 392 cm³/mol. The largest absolute Gasteiger partial charge is 0.366 e. The molecule has 0 amide bonds. The topological polar surface area (TPSA) is 73.8 Å². The molecule has 5 aliphatic heterocycles. The van der Waals surface area contributed by atoms with E-state index >= 15 is 0 Å². The first-order chi connectivity index (χ1) is 38.9. The fourth-order valence-electron chi connectivity index (χ4n) is 20.1. The molecule has 5 saturated heterocycles. The average Bonchev–Trinajstić information content (AvgIpc) is 1.23. The van der Waals surface area contributed by atoms with Crippen molar-refractivity contribution in [1.29, 1.82) is 0 Å². The summed E-state index contributed by atoms with van der Waals surface area (Å²) in [5.41, 5.74) is -4.91. The first-order valence-electron chi connectivity index (χ1n) is 36.5. The summed E-state index contributed by atoms with van der Waals surface area (Å²) in [6.45, 7) is 125. The lowest BCUT2D eigenvalue weighted by Crippen LogP contribution is -2.79. The van der Waals surface area contributed by atoms with E-state index in [1.54, 1.807) is 0 Å². The lowest BCUT2D eigenvalue weighted by atomic mass is 9.45. The van der Waals surface area contributed by atoms with Crippen LogP contribution in [0.1, 0.15) is 374 Å². The molecule has 1 saturated carbocycles. The van der Waals surface area contributed by atoms with Gasteiger partial charge in [-0.1, -0.05) is 249 Å². The molecule has 0 unspecified atom stereocenters. The van der Waals surface area contributed by atoms with Crippen LogP contribution in [-0.4, -0.2) is 68.0 Å². The van der Waals surface area contributed by atoms with E-state index in [0.717, 1.165) is 0 Å². The third-order valence-corrected chi connectivity index (χ3v) is 39.0. The monoisotopic (exact) mass is 1300 g/mol. The van der Waals surface area contributed by atoms with Crippen LogP contribution in [0.25, 0.3) is 0 Å². The van der Waals surface area contributed by atoms with Crippen LogP contribution in [0.3, 0.4) is 0 Å². The molecular formula is C84H162O8. The van der Waals surface area contributed by atoms with E-state index in [1.165, 1.54) is 0 Å². The molecule has 6 rings (SSSR count). The first-order valence-corrected chi connectivity index (χ1v) is 36.5.